The monoisotopic (exact) mass is 391 g/mol. The molecule has 0 heterocycles. The van der Waals surface area contributed by atoms with Crippen molar-refractivity contribution in [1.29, 1.82) is 0 Å². The average molecular weight is 391 g/mol. The van der Waals surface area contributed by atoms with Crippen LogP contribution in [0.25, 0.3) is 0 Å². The highest BCUT2D eigenvalue weighted by molar-refractivity contribution is 7.81. The van der Waals surface area contributed by atoms with E-state index in [1.54, 1.807) is 18.2 Å². The Balaban J connectivity index is 1.83. The summed E-state index contributed by atoms with van der Waals surface area (Å²) in [4.78, 5) is 10.5. The number of thiocarbonyl (C=S) groups is 2. The molecular weight excluding hydrogens is 374 g/mol. The summed E-state index contributed by atoms with van der Waals surface area (Å²) < 4.78 is 5.37. The third-order valence-corrected chi connectivity index (χ3v) is 3.47. The van der Waals surface area contributed by atoms with Crippen molar-refractivity contribution >= 4 is 51.7 Å². The Bertz CT molecular complexity index is 799. The molecule has 10 heteroatoms. The second-order valence-electron chi connectivity index (χ2n) is 4.89. The molecule has 4 N–H and O–H groups in total. The Morgan fingerprint density at radius 1 is 1.04 bits per heavy atom. The van der Waals surface area contributed by atoms with Crippen molar-refractivity contribution in [3.63, 3.8) is 0 Å². The van der Waals surface area contributed by atoms with Crippen molar-refractivity contribution in [1.82, 2.24) is 10.9 Å². The van der Waals surface area contributed by atoms with Gasteiger partial charge in [0.15, 0.2) is 10.2 Å². The molecule has 0 saturated carbocycles. The van der Waals surface area contributed by atoms with Crippen LogP contribution in [0, 0.1) is 10.1 Å². The molecule has 26 heavy (non-hydrogen) atoms. The first-order chi connectivity index (χ1) is 12.5. The molecule has 0 atom stereocenters. The maximum atomic E-state index is 11.0. The molecule has 136 valence electrons. The fourth-order valence-electron chi connectivity index (χ4n) is 1.97. The number of hydrogen-bond acceptors (Lipinski definition) is 5. The van der Waals surface area contributed by atoms with Gasteiger partial charge in [-0.05, 0) is 61.7 Å². The zero-order valence-electron chi connectivity index (χ0n) is 13.8. The van der Waals surface area contributed by atoms with Gasteiger partial charge in [-0.25, -0.2) is 0 Å². The van der Waals surface area contributed by atoms with E-state index < -0.39 is 4.92 Å². The number of benzene rings is 2. The number of ether oxygens (including phenoxy) is 1. The molecule has 0 radical (unpaired) electrons. The quantitative estimate of drug-likeness (QED) is 0.348. The predicted molar refractivity (Wildman–Crippen MR) is 109 cm³/mol. The summed E-state index contributed by atoms with van der Waals surface area (Å²) in [7, 11) is 0. The van der Waals surface area contributed by atoms with Crippen molar-refractivity contribution in [2.24, 2.45) is 0 Å². The van der Waals surface area contributed by atoms with Gasteiger partial charge in [0, 0.05) is 11.8 Å². The second-order valence-corrected chi connectivity index (χ2v) is 5.71. The zero-order chi connectivity index (χ0) is 18.9. The summed E-state index contributed by atoms with van der Waals surface area (Å²) in [6, 6.07) is 13.5. The molecule has 0 amide bonds. The highest BCUT2D eigenvalue weighted by Crippen LogP contribution is 2.22. The lowest BCUT2D eigenvalue weighted by Crippen LogP contribution is -2.45. The molecule has 0 bridgehead atoms. The third kappa shape index (κ3) is 5.83. The number of nitrogens with zero attached hydrogens (tertiary/aromatic N) is 1. The highest BCUT2D eigenvalue weighted by atomic mass is 32.1. The van der Waals surface area contributed by atoms with Gasteiger partial charge in [-0.1, -0.05) is 12.1 Å². The average Bonchev–Trinajstić information content (AvgIpc) is 2.62. The molecule has 0 aliphatic heterocycles. The predicted octanol–water partition coefficient (Wildman–Crippen LogP) is 3.18. The lowest BCUT2D eigenvalue weighted by molar-refractivity contribution is -0.383. The Labute approximate surface area is 161 Å². The first-order valence-electron chi connectivity index (χ1n) is 7.60. The smallest absolute Gasteiger partial charge is 0.292 e. The molecular formula is C16H17N5O3S2. The summed E-state index contributed by atoms with van der Waals surface area (Å²) in [6.07, 6.45) is 0. The Morgan fingerprint density at radius 3 is 2.27 bits per heavy atom. The van der Waals surface area contributed by atoms with Gasteiger partial charge in [-0.15, -0.1) is 0 Å². The summed E-state index contributed by atoms with van der Waals surface area (Å²) in [5.74, 6) is 0.768. The summed E-state index contributed by atoms with van der Waals surface area (Å²) in [5, 5.41) is 17.1. The van der Waals surface area contributed by atoms with Crippen molar-refractivity contribution in [3.8, 4) is 5.75 Å². The minimum absolute atomic E-state index is 0.0771. The first kappa shape index (κ1) is 19.3. The van der Waals surface area contributed by atoms with Crippen molar-refractivity contribution in [3.05, 3.63) is 58.6 Å². The largest absolute Gasteiger partial charge is 0.494 e. The third-order valence-electron chi connectivity index (χ3n) is 3.06. The Hall–Kier alpha value is -2.98. The van der Waals surface area contributed by atoms with Gasteiger partial charge >= 0.3 is 0 Å². The fraction of sp³-hybridized carbons (Fsp3) is 0.125. The van der Waals surface area contributed by atoms with E-state index in [-0.39, 0.29) is 21.6 Å². The maximum Gasteiger partial charge on any atom is 0.292 e. The number of hydrazine groups is 1. The topological polar surface area (TPSA) is 100 Å². The van der Waals surface area contributed by atoms with E-state index in [0.29, 0.717) is 6.61 Å². The Morgan fingerprint density at radius 2 is 1.65 bits per heavy atom. The number of nitrogens with one attached hydrogen (secondary N) is 4. The number of nitro groups is 1. The van der Waals surface area contributed by atoms with Crippen LogP contribution < -0.4 is 26.2 Å². The van der Waals surface area contributed by atoms with Gasteiger partial charge in [-0.2, -0.15) is 0 Å². The number of anilines is 2. The lowest BCUT2D eigenvalue weighted by atomic mass is 10.3. The number of rotatable bonds is 5. The van der Waals surface area contributed by atoms with Crippen LogP contribution in [0.5, 0.6) is 5.75 Å². The van der Waals surface area contributed by atoms with Crippen LogP contribution in [0.3, 0.4) is 0 Å². The molecule has 2 aromatic rings. The van der Waals surface area contributed by atoms with E-state index in [9.17, 15) is 10.1 Å². The molecule has 0 aliphatic carbocycles. The summed E-state index contributed by atoms with van der Waals surface area (Å²) >= 11 is 10.3. The molecule has 0 spiro atoms. The maximum absolute atomic E-state index is 11.0. The van der Waals surface area contributed by atoms with Crippen LogP contribution >= 0.6 is 24.4 Å². The molecule has 2 rings (SSSR count). The zero-order valence-corrected chi connectivity index (χ0v) is 15.4. The van der Waals surface area contributed by atoms with Crippen LogP contribution in [0.15, 0.2) is 48.5 Å². The van der Waals surface area contributed by atoms with E-state index in [4.69, 9.17) is 29.2 Å². The van der Waals surface area contributed by atoms with Gasteiger partial charge in [0.2, 0.25) is 0 Å². The van der Waals surface area contributed by atoms with E-state index in [1.165, 1.54) is 6.07 Å². The van der Waals surface area contributed by atoms with E-state index in [2.05, 4.69) is 21.5 Å². The minimum Gasteiger partial charge on any atom is -0.494 e. The van der Waals surface area contributed by atoms with E-state index in [1.807, 2.05) is 31.2 Å². The molecule has 0 unspecified atom stereocenters. The van der Waals surface area contributed by atoms with Gasteiger partial charge in [-0.3, -0.25) is 21.0 Å². The molecule has 0 saturated heterocycles. The standard InChI is InChI=1S/C16H17N5O3S2/c1-2-24-12-9-7-11(8-10-12)17-15(25)19-20-16(26)18-13-5-3-4-6-14(13)21(22)23/h3-10H,2H2,1H3,(H2,17,19,25)(H2,18,20,26). The number of nitro benzene ring substituents is 1. The molecule has 0 aromatic heterocycles. The van der Waals surface area contributed by atoms with Crippen molar-refractivity contribution < 1.29 is 9.66 Å². The van der Waals surface area contributed by atoms with Gasteiger partial charge in [0.25, 0.3) is 5.69 Å². The Kier molecular flexibility index (Phi) is 7.06. The lowest BCUT2D eigenvalue weighted by Gasteiger charge is -2.14. The van der Waals surface area contributed by atoms with E-state index in [0.717, 1.165) is 11.4 Å². The molecule has 0 aliphatic rings. The number of para-hydroxylation sites is 2. The molecule has 0 fully saturated rings. The van der Waals surface area contributed by atoms with Crippen LogP contribution in [0.4, 0.5) is 17.1 Å². The fourth-order valence-corrected chi connectivity index (χ4v) is 2.30. The number of hydrogen-bond donors (Lipinski definition) is 4. The SMILES string of the molecule is CCOc1ccc(NC(=S)NNC(=S)Nc2ccccc2[N+](=O)[O-])cc1. The summed E-state index contributed by atoms with van der Waals surface area (Å²) in [5.41, 5.74) is 6.34. The van der Waals surface area contributed by atoms with E-state index >= 15 is 0 Å². The van der Waals surface area contributed by atoms with Crippen LogP contribution in [0.2, 0.25) is 0 Å². The van der Waals surface area contributed by atoms with Crippen molar-refractivity contribution in [2.75, 3.05) is 17.2 Å². The van der Waals surface area contributed by atoms with Gasteiger partial charge in [0.05, 0.1) is 11.5 Å². The normalized spacial score (nSPS) is 9.73. The highest BCUT2D eigenvalue weighted by Gasteiger charge is 2.13. The van der Waals surface area contributed by atoms with Crippen molar-refractivity contribution in [2.45, 2.75) is 6.92 Å². The first-order valence-corrected chi connectivity index (χ1v) is 8.41. The van der Waals surface area contributed by atoms with Crippen LogP contribution in [0.1, 0.15) is 6.92 Å². The summed E-state index contributed by atoms with van der Waals surface area (Å²) in [6.45, 7) is 2.51. The van der Waals surface area contributed by atoms with Gasteiger partial charge in [0.1, 0.15) is 11.4 Å². The minimum atomic E-state index is -0.490. The second kappa shape index (κ2) is 9.49. The molecule has 8 nitrogen and oxygen atoms in total. The molecule has 2 aromatic carbocycles. The van der Waals surface area contributed by atoms with Crippen LogP contribution in [-0.2, 0) is 0 Å². The van der Waals surface area contributed by atoms with Gasteiger partial charge < -0.3 is 15.4 Å². The van der Waals surface area contributed by atoms with Crippen LogP contribution in [-0.4, -0.2) is 21.8 Å².